The molecular formula is C16H17NO7S2. The topological polar surface area (TPSA) is 99.2 Å². The van der Waals surface area contributed by atoms with E-state index in [9.17, 15) is 18.0 Å². The number of sulfonamides is 1. The Morgan fingerprint density at radius 3 is 2.50 bits per heavy atom. The quantitative estimate of drug-likeness (QED) is 0.380. The van der Waals surface area contributed by atoms with Crippen LogP contribution in [0.2, 0.25) is 0 Å². The van der Waals surface area contributed by atoms with Gasteiger partial charge < -0.3 is 9.47 Å². The normalized spacial score (nSPS) is 11.4. The molecule has 0 saturated carbocycles. The van der Waals surface area contributed by atoms with E-state index in [4.69, 9.17) is 14.3 Å². The van der Waals surface area contributed by atoms with Gasteiger partial charge in [0.2, 0.25) is 5.78 Å². The highest BCUT2D eigenvalue weighted by Gasteiger charge is 2.27. The van der Waals surface area contributed by atoms with Crippen molar-refractivity contribution in [1.82, 2.24) is 4.47 Å². The number of nitrogens with zero attached hydrogens (tertiary/aromatic N) is 1. The number of ketones is 1. The first-order valence-corrected chi connectivity index (χ1v) is 9.58. The van der Waals surface area contributed by atoms with Crippen LogP contribution < -0.4 is 4.74 Å². The number of hydrogen-bond donors (Lipinski definition) is 0. The third-order valence-electron chi connectivity index (χ3n) is 3.40. The van der Waals surface area contributed by atoms with Crippen LogP contribution in [0.1, 0.15) is 20.0 Å². The summed E-state index contributed by atoms with van der Waals surface area (Å²) in [6, 6.07) is 7.13. The van der Waals surface area contributed by atoms with Gasteiger partial charge in [0.05, 0.1) is 24.7 Å². The highest BCUT2D eigenvalue weighted by molar-refractivity contribution is 7.89. The van der Waals surface area contributed by atoms with E-state index >= 15 is 0 Å². The van der Waals surface area contributed by atoms with Crippen molar-refractivity contribution in [3.8, 4) is 5.75 Å². The maximum absolute atomic E-state index is 12.5. The molecule has 0 aliphatic heterocycles. The molecule has 0 unspecified atom stereocenters. The van der Waals surface area contributed by atoms with Gasteiger partial charge in [-0.05, 0) is 29.6 Å². The molecule has 140 valence electrons. The van der Waals surface area contributed by atoms with Gasteiger partial charge in [0.25, 0.3) is 10.0 Å². The molecule has 0 radical (unpaired) electrons. The Labute approximate surface area is 154 Å². The van der Waals surface area contributed by atoms with Crippen LogP contribution in [-0.2, 0) is 19.6 Å². The summed E-state index contributed by atoms with van der Waals surface area (Å²) in [5, 5.41) is 1.74. The molecule has 2 rings (SSSR count). The number of Topliss-reactive ketones (excluding diaryl/α,β-unsaturated/α-hetero) is 1. The van der Waals surface area contributed by atoms with Gasteiger partial charge in [0, 0.05) is 7.05 Å². The van der Waals surface area contributed by atoms with Gasteiger partial charge in [-0.2, -0.15) is 0 Å². The van der Waals surface area contributed by atoms with Crippen molar-refractivity contribution in [3.63, 3.8) is 0 Å². The molecule has 0 aliphatic carbocycles. The predicted molar refractivity (Wildman–Crippen MR) is 93.9 cm³/mol. The summed E-state index contributed by atoms with van der Waals surface area (Å²) in [5.74, 6) is -1.12. The number of thiophene rings is 1. The predicted octanol–water partition coefficient (Wildman–Crippen LogP) is 1.98. The van der Waals surface area contributed by atoms with Crippen molar-refractivity contribution in [2.24, 2.45) is 0 Å². The average Bonchev–Trinajstić information content (AvgIpc) is 3.19. The molecule has 2 aromatic rings. The number of rotatable bonds is 8. The molecule has 1 heterocycles. The van der Waals surface area contributed by atoms with Gasteiger partial charge >= 0.3 is 5.97 Å². The van der Waals surface area contributed by atoms with E-state index in [1.165, 1.54) is 44.7 Å². The zero-order valence-electron chi connectivity index (χ0n) is 14.3. The number of esters is 1. The van der Waals surface area contributed by atoms with Crippen LogP contribution in [0, 0.1) is 0 Å². The summed E-state index contributed by atoms with van der Waals surface area (Å²) < 4.78 is 35.6. The number of carbonyl (C=O) groups excluding carboxylic acids is 2. The lowest BCUT2D eigenvalue weighted by atomic mass is 10.2. The Morgan fingerprint density at radius 2 is 1.92 bits per heavy atom. The molecule has 0 N–H and O–H groups in total. The minimum Gasteiger partial charge on any atom is -0.495 e. The molecule has 1 aromatic carbocycles. The van der Waals surface area contributed by atoms with Gasteiger partial charge in [0.15, 0.2) is 6.61 Å². The molecule has 10 heteroatoms. The molecule has 0 amide bonds. The Hall–Kier alpha value is -2.27. The molecule has 0 saturated heterocycles. The van der Waals surface area contributed by atoms with E-state index in [-0.39, 0.29) is 22.0 Å². The zero-order chi connectivity index (χ0) is 19.3. The van der Waals surface area contributed by atoms with Crippen LogP contribution in [0.4, 0.5) is 0 Å². The molecule has 0 fully saturated rings. The second-order valence-electron chi connectivity index (χ2n) is 4.94. The number of hydrogen-bond acceptors (Lipinski definition) is 8. The summed E-state index contributed by atoms with van der Waals surface area (Å²) >= 11 is 1.24. The van der Waals surface area contributed by atoms with Crippen molar-refractivity contribution in [2.45, 2.75) is 4.90 Å². The molecule has 0 aliphatic rings. The maximum Gasteiger partial charge on any atom is 0.338 e. The van der Waals surface area contributed by atoms with Crippen molar-refractivity contribution in [3.05, 3.63) is 46.2 Å². The molecule has 8 nitrogen and oxygen atoms in total. The lowest BCUT2D eigenvalue weighted by Crippen LogP contribution is -2.26. The van der Waals surface area contributed by atoms with Crippen molar-refractivity contribution in [1.29, 1.82) is 0 Å². The SMILES string of the molecule is COc1ccc(C(=O)OCC(=O)c2cccs2)cc1S(=O)(=O)N(C)OC. The van der Waals surface area contributed by atoms with E-state index < -0.39 is 22.6 Å². The van der Waals surface area contributed by atoms with Crippen LogP contribution in [0.15, 0.2) is 40.6 Å². The largest absolute Gasteiger partial charge is 0.495 e. The van der Waals surface area contributed by atoms with E-state index in [1.54, 1.807) is 17.5 Å². The fourth-order valence-electron chi connectivity index (χ4n) is 1.96. The Kier molecular flexibility index (Phi) is 6.48. The second-order valence-corrected chi connectivity index (χ2v) is 7.79. The first kappa shape index (κ1) is 20.0. The minimum absolute atomic E-state index is 0.0344. The van der Waals surface area contributed by atoms with Crippen LogP contribution >= 0.6 is 11.3 Å². The van der Waals surface area contributed by atoms with Crippen LogP contribution in [0.5, 0.6) is 5.75 Å². The number of carbonyl (C=O) groups is 2. The van der Waals surface area contributed by atoms with Crippen LogP contribution in [0.3, 0.4) is 0 Å². The Balaban J connectivity index is 2.23. The smallest absolute Gasteiger partial charge is 0.338 e. The van der Waals surface area contributed by atoms with E-state index in [2.05, 4.69) is 0 Å². The lowest BCUT2D eigenvalue weighted by molar-refractivity contribution is -0.0259. The monoisotopic (exact) mass is 399 g/mol. The number of methoxy groups -OCH3 is 1. The summed E-state index contributed by atoms with van der Waals surface area (Å²) in [6.45, 7) is -0.439. The minimum atomic E-state index is -4.04. The first-order chi connectivity index (χ1) is 12.3. The lowest BCUT2D eigenvalue weighted by Gasteiger charge is -2.17. The maximum atomic E-state index is 12.5. The van der Waals surface area contributed by atoms with E-state index in [1.807, 2.05) is 0 Å². The van der Waals surface area contributed by atoms with Gasteiger partial charge in [0.1, 0.15) is 10.6 Å². The fraction of sp³-hybridized carbons (Fsp3) is 0.250. The van der Waals surface area contributed by atoms with Gasteiger partial charge in [-0.3, -0.25) is 9.63 Å². The third kappa shape index (κ3) is 4.28. The molecule has 0 spiro atoms. The highest BCUT2D eigenvalue weighted by atomic mass is 32.2. The first-order valence-electron chi connectivity index (χ1n) is 7.26. The molecule has 26 heavy (non-hydrogen) atoms. The molecule has 1 aromatic heterocycles. The number of benzene rings is 1. The Morgan fingerprint density at radius 1 is 1.19 bits per heavy atom. The van der Waals surface area contributed by atoms with E-state index in [0.29, 0.717) is 9.35 Å². The molecule has 0 atom stereocenters. The summed E-state index contributed by atoms with van der Waals surface area (Å²) in [4.78, 5) is 29.0. The third-order valence-corrected chi connectivity index (χ3v) is 6.01. The van der Waals surface area contributed by atoms with Gasteiger partial charge in [-0.15, -0.1) is 11.3 Å². The Bertz CT molecular complexity index is 891. The summed E-state index contributed by atoms with van der Waals surface area (Å²) in [7, 11) is -0.336. The van der Waals surface area contributed by atoms with Gasteiger partial charge in [-0.25, -0.2) is 13.2 Å². The van der Waals surface area contributed by atoms with Crippen molar-refractivity contribution >= 4 is 33.1 Å². The fourth-order valence-corrected chi connectivity index (χ4v) is 3.77. The highest BCUT2D eigenvalue weighted by Crippen LogP contribution is 2.27. The van der Waals surface area contributed by atoms with Crippen LogP contribution in [0.25, 0.3) is 0 Å². The molecular weight excluding hydrogens is 382 g/mol. The molecule has 0 bridgehead atoms. The van der Waals surface area contributed by atoms with E-state index in [0.717, 1.165) is 6.07 Å². The van der Waals surface area contributed by atoms with Gasteiger partial charge in [-0.1, -0.05) is 10.5 Å². The van der Waals surface area contributed by atoms with Crippen molar-refractivity contribution in [2.75, 3.05) is 27.9 Å². The second kappa shape index (κ2) is 8.41. The number of ether oxygens (including phenoxy) is 2. The standard InChI is InChI=1S/C16H17NO7S2/c1-17(23-3)26(20,21)15-9-11(6-7-13(15)22-2)16(19)24-10-12(18)14-5-4-8-25-14/h4-9H,10H2,1-3H3. The van der Waals surface area contributed by atoms with Crippen molar-refractivity contribution < 1.29 is 32.3 Å². The summed E-state index contributed by atoms with van der Waals surface area (Å²) in [5.41, 5.74) is -0.0344. The zero-order valence-corrected chi connectivity index (χ0v) is 15.9. The average molecular weight is 399 g/mol. The number of hydroxylamine groups is 1. The summed E-state index contributed by atoms with van der Waals surface area (Å²) in [6.07, 6.45) is 0. The van der Waals surface area contributed by atoms with Crippen LogP contribution in [-0.4, -0.2) is 52.5 Å².